The number of hydrogen-bond acceptors (Lipinski definition) is 2. The van der Waals surface area contributed by atoms with Crippen molar-refractivity contribution in [1.29, 1.82) is 0 Å². The van der Waals surface area contributed by atoms with Gasteiger partial charge in [0, 0.05) is 30.0 Å². The summed E-state index contributed by atoms with van der Waals surface area (Å²) in [6.07, 6.45) is 6.41. The van der Waals surface area contributed by atoms with Gasteiger partial charge in [0.15, 0.2) is 5.96 Å². The third-order valence-corrected chi connectivity index (χ3v) is 6.28. The SMILES string of the molecule is CN=C(NCCC1CCN(C)CC1)NCC1(c2cccc(Br)c2)CC1.I. The van der Waals surface area contributed by atoms with Crippen LogP contribution in [0.25, 0.3) is 0 Å². The van der Waals surface area contributed by atoms with Crippen molar-refractivity contribution in [2.24, 2.45) is 10.9 Å². The zero-order valence-electron chi connectivity index (χ0n) is 15.9. The molecular weight excluding hydrogens is 503 g/mol. The van der Waals surface area contributed by atoms with Crippen LogP contribution in [0, 0.1) is 5.92 Å². The molecule has 4 nitrogen and oxygen atoms in total. The molecule has 26 heavy (non-hydrogen) atoms. The topological polar surface area (TPSA) is 39.7 Å². The first kappa shape index (κ1) is 22.0. The van der Waals surface area contributed by atoms with Gasteiger partial charge in [-0.05, 0) is 75.9 Å². The summed E-state index contributed by atoms with van der Waals surface area (Å²) >= 11 is 3.59. The van der Waals surface area contributed by atoms with Crippen molar-refractivity contribution in [3.8, 4) is 0 Å². The Morgan fingerprint density at radius 2 is 2.00 bits per heavy atom. The van der Waals surface area contributed by atoms with Crippen molar-refractivity contribution in [2.45, 2.75) is 37.5 Å². The van der Waals surface area contributed by atoms with Crippen LogP contribution in [-0.2, 0) is 5.41 Å². The molecule has 1 saturated heterocycles. The van der Waals surface area contributed by atoms with Crippen LogP contribution in [0.5, 0.6) is 0 Å². The number of hydrogen-bond donors (Lipinski definition) is 2. The molecule has 0 amide bonds. The van der Waals surface area contributed by atoms with Crippen molar-refractivity contribution in [1.82, 2.24) is 15.5 Å². The van der Waals surface area contributed by atoms with Gasteiger partial charge in [0.05, 0.1) is 0 Å². The van der Waals surface area contributed by atoms with Gasteiger partial charge in [-0.25, -0.2) is 0 Å². The summed E-state index contributed by atoms with van der Waals surface area (Å²) in [5.74, 6) is 1.80. The minimum Gasteiger partial charge on any atom is -0.356 e. The van der Waals surface area contributed by atoms with E-state index in [9.17, 15) is 0 Å². The Balaban J connectivity index is 0.00000243. The minimum absolute atomic E-state index is 0. The Morgan fingerprint density at radius 3 is 2.62 bits per heavy atom. The molecule has 1 heterocycles. The number of likely N-dealkylation sites (tertiary alicyclic amines) is 1. The van der Waals surface area contributed by atoms with Crippen molar-refractivity contribution >= 4 is 45.9 Å². The molecule has 1 aromatic carbocycles. The number of nitrogens with one attached hydrogen (secondary N) is 2. The smallest absolute Gasteiger partial charge is 0.191 e. The van der Waals surface area contributed by atoms with Gasteiger partial charge < -0.3 is 15.5 Å². The van der Waals surface area contributed by atoms with E-state index in [0.29, 0.717) is 0 Å². The van der Waals surface area contributed by atoms with E-state index in [0.717, 1.165) is 29.4 Å². The zero-order chi connectivity index (χ0) is 17.7. The van der Waals surface area contributed by atoms with Gasteiger partial charge in [0.25, 0.3) is 0 Å². The molecule has 0 bridgehead atoms. The normalized spacial score (nSPS) is 20.3. The maximum atomic E-state index is 4.40. The van der Waals surface area contributed by atoms with Gasteiger partial charge in [-0.15, -0.1) is 24.0 Å². The van der Waals surface area contributed by atoms with Crippen LogP contribution < -0.4 is 10.6 Å². The van der Waals surface area contributed by atoms with E-state index < -0.39 is 0 Å². The number of rotatable bonds is 6. The fourth-order valence-corrected chi connectivity index (χ4v) is 4.15. The largest absolute Gasteiger partial charge is 0.356 e. The second-order valence-electron chi connectivity index (χ2n) is 7.68. The van der Waals surface area contributed by atoms with E-state index in [2.05, 4.69) is 67.8 Å². The molecule has 0 aromatic heterocycles. The lowest BCUT2D eigenvalue weighted by Gasteiger charge is -2.29. The molecule has 2 aliphatic rings. The van der Waals surface area contributed by atoms with Crippen molar-refractivity contribution in [3.05, 3.63) is 34.3 Å². The average molecular weight is 535 g/mol. The van der Waals surface area contributed by atoms with Crippen LogP contribution in [-0.4, -0.2) is 51.1 Å². The molecule has 1 aliphatic carbocycles. The summed E-state index contributed by atoms with van der Waals surface area (Å²) in [4.78, 5) is 6.83. The fraction of sp³-hybridized carbons (Fsp3) is 0.650. The highest BCUT2D eigenvalue weighted by Crippen LogP contribution is 2.48. The van der Waals surface area contributed by atoms with Gasteiger partial charge in [-0.3, -0.25) is 4.99 Å². The molecule has 2 fully saturated rings. The molecule has 146 valence electrons. The maximum absolute atomic E-state index is 4.40. The van der Waals surface area contributed by atoms with Crippen molar-refractivity contribution < 1.29 is 0 Å². The molecule has 6 heteroatoms. The second-order valence-corrected chi connectivity index (χ2v) is 8.59. The van der Waals surface area contributed by atoms with Crippen LogP contribution in [0.1, 0.15) is 37.7 Å². The third kappa shape index (κ3) is 6.09. The molecule has 3 rings (SSSR count). The first-order chi connectivity index (χ1) is 12.1. The average Bonchev–Trinajstić information content (AvgIpc) is 3.41. The number of nitrogens with zero attached hydrogens (tertiary/aromatic N) is 2. The van der Waals surface area contributed by atoms with Gasteiger partial charge in [0.1, 0.15) is 0 Å². The molecule has 0 radical (unpaired) electrons. The maximum Gasteiger partial charge on any atom is 0.191 e. The summed E-state index contributed by atoms with van der Waals surface area (Å²) in [5.41, 5.74) is 1.71. The first-order valence-corrected chi connectivity index (χ1v) is 10.3. The highest BCUT2D eigenvalue weighted by Gasteiger charge is 2.44. The van der Waals surface area contributed by atoms with Crippen LogP contribution in [0.4, 0.5) is 0 Å². The van der Waals surface area contributed by atoms with Gasteiger partial charge >= 0.3 is 0 Å². The Bertz CT molecular complexity index is 595. The highest BCUT2D eigenvalue weighted by molar-refractivity contribution is 14.0. The quantitative estimate of drug-likeness (QED) is 0.329. The lowest BCUT2D eigenvalue weighted by Crippen LogP contribution is -2.42. The van der Waals surface area contributed by atoms with E-state index in [1.54, 1.807) is 0 Å². The fourth-order valence-electron chi connectivity index (χ4n) is 3.76. The molecular formula is C20H32BrIN4. The standard InChI is InChI=1S/C20H31BrN4.HI/c1-22-19(23-11-6-16-7-12-25(2)13-8-16)24-15-20(9-10-20)17-4-3-5-18(21)14-17;/h3-5,14,16H,6-13,15H2,1-2H3,(H2,22,23,24);1H. The van der Waals surface area contributed by atoms with Crippen molar-refractivity contribution in [3.63, 3.8) is 0 Å². The van der Waals surface area contributed by atoms with Gasteiger partial charge in [0.2, 0.25) is 0 Å². The molecule has 1 saturated carbocycles. The van der Waals surface area contributed by atoms with E-state index in [4.69, 9.17) is 0 Å². The Hall–Kier alpha value is -0.340. The monoisotopic (exact) mass is 534 g/mol. The number of aliphatic imine (C=N–C) groups is 1. The number of halogens is 2. The number of guanidine groups is 1. The highest BCUT2D eigenvalue weighted by atomic mass is 127. The second kappa shape index (κ2) is 10.3. The predicted octanol–water partition coefficient (Wildman–Crippen LogP) is 4.00. The number of benzene rings is 1. The molecule has 2 N–H and O–H groups in total. The van der Waals surface area contributed by atoms with Crippen LogP contribution in [0.2, 0.25) is 0 Å². The lowest BCUT2D eigenvalue weighted by molar-refractivity contribution is 0.213. The van der Waals surface area contributed by atoms with Gasteiger partial charge in [-0.1, -0.05) is 28.1 Å². The summed E-state index contributed by atoms with van der Waals surface area (Å²) in [6, 6.07) is 8.73. The minimum atomic E-state index is 0. The Morgan fingerprint density at radius 1 is 1.27 bits per heavy atom. The van der Waals surface area contributed by atoms with E-state index >= 15 is 0 Å². The molecule has 0 unspecified atom stereocenters. The van der Waals surface area contributed by atoms with Crippen LogP contribution in [0.15, 0.2) is 33.7 Å². The molecule has 0 atom stereocenters. The number of piperidine rings is 1. The zero-order valence-corrected chi connectivity index (χ0v) is 19.8. The third-order valence-electron chi connectivity index (χ3n) is 5.79. The summed E-state index contributed by atoms with van der Waals surface area (Å²) in [5, 5.41) is 7.06. The first-order valence-electron chi connectivity index (χ1n) is 9.50. The van der Waals surface area contributed by atoms with E-state index in [1.807, 2.05) is 7.05 Å². The summed E-state index contributed by atoms with van der Waals surface area (Å²) < 4.78 is 1.16. The Labute approximate surface area is 183 Å². The lowest BCUT2D eigenvalue weighted by atomic mass is 9.94. The van der Waals surface area contributed by atoms with E-state index in [-0.39, 0.29) is 29.4 Å². The Kier molecular flexibility index (Phi) is 8.67. The summed E-state index contributed by atoms with van der Waals surface area (Å²) in [6.45, 7) is 4.45. The molecule has 1 aromatic rings. The van der Waals surface area contributed by atoms with Crippen LogP contribution in [0.3, 0.4) is 0 Å². The molecule has 1 aliphatic heterocycles. The summed E-state index contributed by atoms with van der Waals surface area (Å²) in [7, 11) is 4.09. The predicted molar refractivity (Wildman–Crippen MR) is 125 cm³/mol. The molecule has 0 spiro atoms. The van der Waals surface area contributed by atoms with Gasteiger partial charge in [-0.2, -0.15) is 0 Å². The van der Waals surface area contributed by atoms with Crippen LogP contribution >= 0.6 is 39.9 Å². The van der Waals surface area contributed by atoms with E-state index in [1.165, 1.54) is 50.8 Å². The van der Waals surface area contributed by atoms with Crippen molar-refractivity contribution in [2.75, 3.05) is 40.3 Å².